The highest BCUT2D eigenvalue weighted by Gasteiger charge is 2.56. The predicted octanol–water partition coefficient (Wildman–Crippen LogP) is 4.26. The number of ether oxygens (including phenoxy) is 2. The molecule has 2 aliphatic rings. The first-order chi connectivity index (χ1) is 19.4. The highest BCUT2D eigenvalue weighted by molar-refractivity contribution is 8.00. The van der Waals surface area contributed by atoms with Crippen molar-refractivity contribution in [3.8, 4) is 11.5 Å². The van der Waals surface area contributed by atoms with Gasteiger partial charge in [-0.3, -0.25) is 19.2 Å². The number of carbonyl (C=O) groups excluding carboxylic acids is 3. The van der Waals surface area contributed by atoms with Gasteiger partial charge in [-0.15, -0.1) is 0 Å². The van der Waals surface area contributed by atoms with E-state index in [0.29, 0.717) is 27.9 Å². The van der Waals surface area contributed by atoms with Gasteiger partial charge in [-0.25, -0.2) is 4.90 Å². The van der Waals surface area contributed by atoms with E-state index in [1.165, 1.54) is 16.7 Å². The normalized spacial score (nSPS) is 19.6. The monoisotopic (exact) mass is 573 g/mol. The van der Waals surface area contributed by atoms with Crippen LogP contribution < -0.4 is 24.6 Å². The SMILES string of the molecule is COc1ccc(NC(=O)COc2ccc(C3c4sc(=O)[nH]c4SC4C(=O)N(c5ccccc5)C(=O)C43)cc2)cc1. The fourth-order valence-corrected chi connectivity index (χ4v) is 7.51. The molecule has 202 valence electrons. The lowest BCUT2D eigenvalue weighted by Crippen LogP contribution is -2.32. The van der Waals surface area contributed by atoms with Gasteiger partial charge >= 0.3 is 4.87 Å². The van der Waals surface area contributed by atoms with Gasteiger partial charge in [0, 0.05) is 16.5 Å². The molecule has 0 radical (unpaired) electrons. The van der Waals surface area contributed by atoms with Gasteiger partial charge in [0.1, 0.15) is 16.7 Å². The number of thioether (sulfide) groups is 1. The number of benzene rings is 3. The smallest absolute Gasteiger partial charge is 0.305 e. The molecule has 2 N–H and O–H groups in total. The number of nitrogens with zero attached hydrogens (tertiary/aromatic N) is 1. The maximum Gasteiger partial charge on any atom is 0.305 e. The number of para-hydroxylation sites is 1. The zero-order valence-corrected chi connectivity index (χ0v) is 22.8. The van der Waals surface area contributed by atoms with Crippen molar-refractivity contribution in [2.24, 2.45) is 5.92 Å². The van der Waals surface area contributed by atoms with Gasteiger partial charge in [0.2, 0.25) is 11.8 Å². The second-order valence-corrected chi connectivity index (χ2v) is 11.4. The Hall–Kier alpha value is -4.35. The van der Waals surface area contributed by atoms with E-state index < -0.39 is 17.1 Å². The van der Waals surface area contributed by atoms with Gasteiger partial charge in [0.05, 0.1) is 23.7 Å². The predicted molar refractivity (Wildman–Crippen MR) is 152 cm³/mol. The number of thiazole rings is 1. The van der Waals surface area contributed by atoms with E-state index in [1.54, 1.807) is 67.8 Å². The molecule has 0 bridgehead atoms. The molecule has 3 unspecified atom stereocenters. The topological polar surface area (TPSA) is 118 Å². The van der Waals surface area contributed by atoms with Crippen molar-refractivity contribution in [3.63, 3.8) is 0 Å². The van der Waals surface area contributed by atoms with Crippen LogP contribution in [-0.2, 0) is 14.4 Å². The molecular formula is C29H23N3O6S2. The minimum atomic E-state index is -0.668. The lowest BCUT2D eigenvalue weighted by atomic mass is 9.83. The molecule has 0 spiro atoms. The van der Waals surface area contributed by atoms with Crippen LogP contribution in [0.25, 0.3) is 0 Å². The third-order valence-corrected chi connectivity index (χ3v) is 9.22. The van der Waals surface area contributed by atoms with E-state index in [0.717, 1.165) is 21.8 Å². The summed E-state index contributed by atoms with van der Waals surface area (Å²) in [6.07, 6.45) is 0. The van der Waals surface area contributed by atoms with Crippen molar-refractivity contribution in [2.45, 2.75) is 16.2 Å². The minimum Gasteiger partial charge on any atom is -0.497 e. The third kappa shape index (κ3) is 4.78. The summed E-state index contributed by atoms with van der Waals surface area (Å²) in [7, 11) is 1.57. The molecule has 3 amide bonds. The van der Waals surface area contributed by atoms with E-state index in [-0.39, 0.29) is 29.2 Å². The summed E-state index contributed by atoms with van der Waals surface area (Å²) in [6, 6.07) is 22.9. The van der Waals surface area contributed by atoms with Gasteiger partial charge in [-0.2, -0.15) is 0 Å². The van der Waals surface area contributed by atoms with Crippen molar-refractivity contribution in [1.29, 1.82) is 0 Å². The average Bonchev–Trinajstić information content (AvgIpc) is 3.47. The van der Waals surface area contributed by atoms with Gasteiger partial charge < -0.3 is 19.8 Å². The first kappa shape index (κ1) is 25.9. The number of hydrogen-bond acceptors (Lipinski definition) is 8. The summed E-state index contributed by atoms with van der Waals surface area (Å²) in [4.78, 5) is 56.4. The second kappa shape index (κ2) is 10.7. The maximum atomic E-state index is 13.7. The van der Waals surface area contributed by atoms with E-state index in [4.69, 9.17) is 9.47 Å². The van der Waals surface area contributed by atoms with Crippen molar-refractivity contribution >= 4 is 52.2 Å². The number of imide groups is 1. The molecule has 1 fully saturated rings. The number of anilines is 2. The van der Waals surface area contributed by atoms with Crippen LogP contribution in [-0.4, -0.2) is 41.7 Å². The lowest BCUT2D eigenvalue weighted by Gasteiger charge is -2.29. The number of carbonyl (C=O) groups is 3. The van der Waals surface area contributed by atoms with Crippen LogP contribution in [0.3, 0.4) is 0 Å². The van der Waals surface area contributed by atoms with Gasteiger partial charge in [0.25, 0.3) is 5.91 Å². The molecule has 0 aliphatic carbocycles. The third-order valence-electron chi connectivity index (χ3n) is 6.82. The molecule has 1 saturated heterocycles. The van der Waals surface area contributed by atoms with E-state index in [2.05, 4.69) is 10.3 Å². The molecule has 1 aromatic heterocycles. The zero-order chi connectivity index (χ0) is 27.8. The molecule has 2 aliphatic heterocycles. The Bertz CT molecular complexity index is 1630. The minimum absolute atomic E-state index is 0.196. The second-order valence-electron chi connectivity index (χ2n) is 9.23. The number of aromatic nitrogens is 1. The quantitative estimate of drug-likeness (QED) is 0.317. The Kier molecular flexibility index (Phi) is 6.91. The number of fused-ring (bicyclic) bond motifs is 2. The molecular weight excluding hydrogens is 550 g/mol. The number of methoxy groups -OCH3 is 1. The van der Waals surface area contributed by atoms with Gasteiger partial charge in [-0.1, -0.05) is 53.4 Å². The van der Waals surface area contributed by atoms with Crippen molar-refractivity contribution in [2.75, 3.05) is 23.9 Å². The first-order valence-corrected chi connectivity index (χ1v) is 14.1. The summed E-state index contributed by atoms with van der Waals surface area (Å²) in [5.74, 6) is -0.900. The van der Waals surface area contributed by atoms with Crippen molar-refractivity contribution < 1.29 is 23.9 Å². The maximum absolute atomic E-state index is 13.7. The van der Waals surface area contributed by atoms with Gasteiger partial charge in [-0.05, 0) is 54.1 Å². The van der Waals surface area contributed by atoms with Crippen LogP contribution in [0.15, 0.2) is 88.7 Å². The van der Waals surface area contributed by atoms with Crippen molar-refractivity contribution in [1.82, 2.24) is 4.98 Å². The summed E-state index contributed by atoms with van der Waals surface area (Å²) >= 11 is 2.30. The van der Waals surface area contributed by atoms with Crippen LogP contribution in [0, 0.1) is 5.92 Å². The Morgan fingerprint density at radius 3 is 2.33 bits per heavy atom. The lowest BCUT2D eigenvalue weighted by molar-refractivity contribution is -0.122. The van der Waals surface area contributed by atoms with Crippen LogP contribution >= 0.6 is 23.1 Å². The summed E-state index contributed by atoms with van der Waals surface area (Å²) in [5.41, 5.74) is 1.92. The van der Waals surface area contributed by atoms with Crippen LogP contribution in [0.2, 0.25) is 0 Å². The highest BCUT2D eigenvalue weighted by Crippen LogP contribution is 2.53. The van der Waals surface area contributed by atoms with Crippen LogP contribution in [0.5, 0.6) is 11.5 Å². The number of nitrogens with one attached hydrogen (secondary N) is 2. The molecule has 4 aromatic rings. The molecule has 9 nitrogen and oxygen atoms in total. The molecule has 6 rings (SSSR count). The molecule has 3 heterocycles. The Labute approximate surface area is 237 Å². The molecule has 3 aromatic carbocycles. The number of rotatable bonds is 7. The molecule has 0 saturated carbocycles. The Morgan fingerprint density at radius 1 is 0.925 bits per heavy atom. The summed E-state index contributed by atoms with van der Waals surface area (Å²) in [6.45, 7) is -0.196. The summed E-state index contributed by atoms with van der Waals surface area (Å²) in [5, 5.41) is 2.72. The fourth-order valence-electron chi connectivity index (χ4n) is 5.00. The zero-order valence-electron chi connectivity index (χ0n) is 21.2. The average molecular weight is 574 g/mol. The van der Waals surface area contributed by atoms with E-state index >= 15 is 0 Å². The largest absolute Gasteiger partial charge is 0.497 e. The van der Waals surface area contributed by atoms with Crippen molar-refractivity contribution in [3.05, 3.63) is 99.0 Å². The molecule has 40 heavy (non-hydrogen) atoms. The Morgan fingerprint density at radius 2 is 1.62 bits per heavy atom. The fraction of sp³-hybridized carbons (Fsp3) is 0.172. The molecule has 3 atom stereocenters. The standard InChI is InChI=1S/C29H23N3O6S2/c1-37-19-13-9-17(10-14-19)30-21(33)15-38-20-11-7-16(8-12-20)22-23-25(39-26-24(22)40-29(36)31-26)28(35)32(27(23)34)18-5-3-2-4-6-18/h2-14,22-23,25H,15H2,1H3,(H,30,33)(H,31,36). The van der Waals surface area contributed by atoms with E-state index in [9.17, 15) is 19.2 Å². The van der Waals surface area contributed by atoms with E-state index in [1.807, 2.05) is 18.2 Å². The number of amides is 3. The Balaban J connectivity index is 1.22. The van der Waals surface area contributed by atoms with Crippen LogP contribution in [0.1, 0.15) is 16.4 Å². The van der Waals surface area contributed by atoms with Crippen LogP contribution in [0.4, 0.5) is 11.4 Å². The number of hydrogen-bond donors (Lipinski definition) is 2. The number of aromatic amines is 1. The number of H-pyrrole nitrogens is 1. The molecule has 11 heteroatoms. The first-order valence-electron chi connectivity index (χ1n) is 12.4. The summed E-state index contributed by atoms with van der Waals surface area (Å²) < 4.78 is 10.8. The highest BCUT2D eigenvalue weighted by atomic mass is 32.2. The van der Waals surface area contributed by atoms with Gasteiger partial charge in [0.15, 0.2) is 6.61 Å².